The van der Waals surface area contributed by atoms with Gasteiger partial charge in [-0.2, -0.15) is 0 Å². The SMILES string of the molecule is C=CCc1cc(CC)ccc1O. The molecule has 0 saturated heterocycles. The summed E-state index contributed by atoms with van der Waals surface area (Å²) < 4.78 is 0. The molecule has 0 heterocycles. The summed E-state index contributed by atoms with van der Waals surface area (Å²) in [6.07, 6.45) is 3.54. The number of hydrogen-bond donors (Lipinski definition) is 1. The molecule has 0 amide bonds. The highest BCUT2D eigenvalue weighted by Gasteiger charge is 1.99. The monoisotopic (exact) mass is 162 g/mol. The van der Waals surface area contributed by atoms with E-state index in [1.807, 2.05) is 12.1 Å². The lowest BCUT2D eigenvalue weighted by molar-refractivity contribution is 0.469. The van der Waals surface area contributed by atoms with Crippen LogP contribution < -0.4 is 0 Å². The van der Waals surface area contributed by atoms with Crippen LogP contribution >= 0.6 is 0 Å². The summed E-state index contributed by atoms with van der Waals surface area (Å²) in [5.74, 6) is 0.368. The molecule has 0 bridgehead atoms. The molecule has 0 saturated carbocycles. The fourth-order valence-electron chi connectivity index (χ4n) is 1.18. The van der Waals surface area contributed by atoms with Gasteiger partial charge in [-0.05, 0) is 30.0 Å². The molecule has 0 aliphatic carbocycles. The number of phenolic OH excluding ortho intramolecular Hbond substituents is 1. The average Bonchev–Trinajstić information content (AvgIpc) is 2.09. The molecular weight excluding hydrogens is 148 g/mol. The fraction of sp³-hybridized carbons (Fsp3) is 0.273. The van der Waals surface area contributed by atoms with Crippen LogP contribution in [0.2, 0.25) is 0 Å². The Bertz CT molecular complexity index is 276. The summed E-state index contributed by atoms with van der Waals surface area (Å²) in [4.78, 5) is 0. The zero-order valence-corrected chi connectivity index (χ0v) is 7.38. The lowest BCUT2D eigenvalue weighted by atomic mass is 10.1. The molecule has 0 spiro atoms. The van der Waals surface area contributed by atoms with E-state index in [1.54, 1.807) is 12.1 Å². The molecule has 1 aromatic carbocycles. The molecule has 1 aromatic rings. The van der Waals surface area contributed by atoms with Gasteiger partial charge in [0.25, 0.3) is 0 Å². The minimum absolute atomic E-state index is 0.368. The summed E-state index contributed by atoms with van der Waals surface area (Å²) in [7, 11) is 0. The van der Waals surface area contributed by atoms with E-state index in [0.29, 0.717) is 5.75 Å². The van der Waals surface area contributed by atoms with Crippen LogP contribution in [0.25, 0.3) is 0 Å². The van der Waals surface area contributed by atoms with Gasteiger partial charge < -0.3 is 5.11 Å². The van der Waals surface area contributed by atoms with Crippen molar-refractivity contribution in [1.82, 2.24) is 0 Å². The Balaban J connectivity index is 2.99. The van der Waals surface area contributed by atoms with E-state index in [1.165, 1.54) is 5.56 Å². The normalized spacial score (nSPS) is 9.75. The average molecular weight is 162 g/mol. The third-order valence-corrected chi connectivity index (χ3v) is 1.92. The largest absolute Gasteiger partial charge is 0.508 e. The van der Waals surface area contributed by atoms with Crippen molar-refractivity contribution >= 4 is 0 Å². The molecule has 0 aliphatic heterocycles. The van der Waals surface area contributed by atoms with Crippen LogP contribution in [0.1, 0.15) is 18.1 Å². The molecule has 0 aliphatic rings. The Morgan fingerprint density at radius 2 is 2.25 bits per heavy atom. The smallest absolute Gasteiger partial charge is 0.119 e. The van der Waals surface area contributed by atoms with Crippen LogP contribution in [0.4, 0.5) is 0 Å². The maximum absolute atomic E-state index is 9.41. The first-order valence-corrected chi connectivity index (χ1v) is 4.19. The maximum atomic E-state index is 9.41. The standard InChI is InChI=1S/C11H14O/c1-3-5-10-8-9(4-2)6-7-11(10)12/h3,6-8,12H,1,4-5H2,2H3. The predicted octanol–water partition coefficient (Wildman–Crippen LogP) is 2.68. The molecule has 64 valence electrons. The third kappa shape index (κ3) is 1.88. The molecule has 0 unspecified atom stereocenters. The van der Waals surface area contributed by atoms with E-state index in [0.717, 1.165) is 18.4 Å². The molecule has 1 rings (SSSR count). The zero-order chi connectivity index (χ0) is 8.97. The van der Waals surface area contributed by atoms with Gasteiger partial charge in [0.2, 0.25) is 0 Å². The summed E-state index contributed by atoms with van der Waals surface area (Å²) >= 11 is 0. The molecule has 1 heteroatoms. The Hall–Kier alpha value is -1.24. The lowest BCUT2D eigenvalue weighted by Gasteiger charge is -2.03. The molecule has 0 aromatic heterocycles. The molecule has 1 nitrogen and oxygen atoms in total. The highest BCUT2D eigenvalue weighted by atomic mass is 16.3. The Labute approximate surface area is 73.4 Å². The highest BCUT2D eigenvalue weighted by Crippen LogP contribution is 2.19. The van der Waals surface area contributed by atoms with Gasteiger partial charge >= 0.3 is 0 Å². The summed E-state index contributed by atoms with van der Waals surface area (Å²) in [6, 6.07) is 5.72. The van der Waals surface area contributed by atoms with E-state index in [-0.39, 0.29) is 0 Å². The summed E-state index contributed by atoms with van der Waals surface area (Å²) in [5, 5.41) is 9.41. The minimum atomic E-state index is 0.368. The topological polar surface area (TPSA) is 20.2 Å². The molecule has 12 heavy (non-hydrogen) atoms. The van der Waals surface area contributed by atoms with Crippen molar-refractivity contribution < 1.29 is 5.11 Å². The number of phenols is 1. The maximum Gasteiger partial charge on any atom is 0.119 e. The summed E-state index contributed by atoms with van der Waals surface area (Å²) in [5.41, 5.74) is 2.22. The van der Waals surface area contributed by atoms with Crippen LogP contribution in [0, 0.1) is 0 Å². The van der Waals surface area contributed by atoms with Crippen molar-refractivity contribution in [3.63, 3.8) is 0 Å². The number of aromatic hydroxyl groups is 1. The van der Waals surface area contributed by atoms with Crippen LogP contribution in [0.15, 0.2) is 30.9 Å². The zero-order valence-electron chi connectivity index (χ0n) is 7.38. The number of allylic oxidation sites excluding steroid dienone is 1. The quantitative estimate of drug-likeness (QED) is 0.677. The van der Waals surface area contributed by atoms with Gasteiger partial charge in [-0.15, -0.1) is 6.58 Å². The van der Waals surface area contributed by atoms with Gasteiger partial charge in [0, 0.05) is 0 Å². The second-order valence-electron chi connectivity index (χ2n) is 2.81. The summed E-state index contributed by atoms with van der Waals surface area (Å²) in [6.45, 7) is 5.74. The van der Waals surface area contributed by atoms with Crippen molar-refractivity contribution in [1.29, 1.82) is 0 Å². The van der Waals surface area contributed by atoms with Crippen molar-refractivity contribution in [3.05, 3.63) is 42.0 Å². The number of benzene rings is 1. The van der Waals surface area contributed by atoms with Gasteiger partial charge in [0.05, 0.1) is 0 Å². The van der Waals surface area contributed by atoms with E-state index in [9.17, 15) is 5.11 Å². The Morgan fingerprint density at radius 3 is 2.83 bits per heavy atom. The molecule has 0 atom stereocenters. The van der Waals surface area contributed by atoms with Gasteiger partial charge in [-0.1, -0.05) is 25.1 Å². The van der Waals surface area contributed by atoms with E-state index in [4.69, 9.17) is 0 Å². The first-order chi connectivity index (χ1) is 5.77. The Morgan fingerprint density at radius 1 is 1.50 bits per heavy atom. The van der Waals surface area contributed by atoms with Crippen molar-refractivity contribution in [2.24, 2.45) is 0 Å². The third-order valence-electron chi connectivity index (χ3n) is 1.92. The van der Waals surface area contributed by atoms with Gasteiger partial charge in [0.1, 0.15) is 5.75 Å². The fourth-order valence-corrected chi connectivity index (χ4v) is 1.18. The van der Waals surface area contributed by atoms with Crippen molar-refractivity contribution in [3.8, 4) is 5.75 Å². The van der Waals surface area contributed by atoms with E-state index < -0.39 is 0 Å². The van der Waals surface area contributed by atoms with Crippen LogP contribution in [0.5, 0.6) is 5.75 Å². The van der Waals surface area contributed by atoms with E-state index >= 15 is 0 Å². The number of rotatable bonds is 3. The number of hydrogen-bond acceptors (Lipinski definition) is 1. The van der Waals surface area contributed by atoms with Crippen LogP contribution in [-0.4, -0.2) is 5.11 Å². The first-order valence-electron chi connectivity index (χ1n) is 4.19. The molecule has 0 radical (unpaired) electrons. The van der Waals surface area contributed by atoms with Gasteiger partial charge in [-0.3, -0.25) is 0 Å². The molecule has 1 N–H and O–H groups in total. The first kappa shape index (κ1) is 8.85. The highest BCUT2D eigenvalue weighted by molar-refractivity contribution is 5.37. The van der Waals surface area contributed by atoms with Crippen LogP contribution in [0.3, 0.4) is 0 Å². The lowest BCUT2D eigenvalue weighted by Crippen LogP contribution is -1.86. The Kier molecular flexibility index (Phi) is 2.92. The second kappa shape index (κ2) is 3.96. The van der Waals surface area contributed by atoms with E-state index in [2.05, 4.69) is 13.5 Å². The predicted molar refractivity (Wildman–Crippen MR) is 51.4 cm³/mol. The molecule has 0 fully saturated rings. The van der Waals surface area contributed by atoms with Gasteiger partial charge in [-0.25, -0.2) is 0 Å². The number of aryl methyl sites for hydroxylation is 1. The minimum Gasteiger partial charge on any atom is -0.508 e. The second-order valence-corrected chi connectivity index (χ2v) is 2.81. The van der Waals surface area contributed by atoms with Crippen LogP contribution in [-0.2, 0) is 12.8 Å². The van der Waals surface area contributed by atoms with Crippen molar-refractivity contribution in [2.45, 2.75) is 19.8 Å². The van der Waals surface area contributed by atoms with Gasteiger partial charge in [0.15, 0.2) is 0 Å². The molecular formula is C11H14O. The van der Waals surface area contributed by atoms with Crippen molar-refractivity contribution in [2.75, 3.05) is 0 Å².